The number of rotatable bonds is 9. The minimum Gasteiger partial charge on any atom is -0.320 e. The van der Waals surface area contributed by atoms with E-state index in [0.717, 1.165) is 4.31 Å². The van der Waals surface area contributed by atoms with Crippen LogP contribution < -0.4 is 10.0 Å². The Kier molecular flexibility index (Phi) is 7.36. The fraction of sp³-hybridized carbons (Fsp3) is 0.500. The fourth-order valence-corrected chi connectivity index (χ4v) is 3.21. The second kappa shape index (κ2) is 8.52. The first-order valence-corrected chi connectivity index (χ1v) is 8.61. The molecule has 0 unspecified atom stereocenters. The first-order chi connectivity index (χ1) is 9.86. The Hall–Kier alpha value is -0.900. The van der Waals surface area contributed by atoms with E-state index in [1.807, 2.05) is 0 Å². The van der Waals surface area contributed by atoms with Gasteiger partial charge in [-0.3, -0.25) is 4.72 Å². The maximum Gasteiger partial charge on any atom is 0.301 e. The van der Waals surface area contributed by atoms with E-state index in [4.69, 9.17) is 0 Å². The van der Waals surface area contributed by atoms with Crippen molar-refractivity contribution in [2.24, 2.45) is 0 Å². The molecular weight excluding hydrogens is 320 g/mol. The van der Waals surface area contributed by atoms with Crippen LogP contribution in [0.5, 0.6) is 0 Å². The lowest BCUT2D eigenvalue weighted by Crippen LogP contribution is -2.34. The maximum absolute atomic E-state index is 12.5. The van der Waals surface area contributed by atoms with Gasteiger partial charge in [0.15, 0.2) is 0 Å². The Labute approximate surface area is 128 Å². The average Bonchev–Trinajstić information content (AvgIpc) is 2.40. The van der Waals surface area contributed by atoms with Crippen molar-refractivity contribution in [2.45, 2.75) is 17.1 Å². The SMILES string of the molecule is CNCCCN(C)S(=O)(=O)Nc1ccccc1SC(F)F. The summed E-state index contributed by atoms with van der Waals surface area (Å²) in [6.07, 6.45) is 0.654. The van der Waals surface area contributed by atoms with E-state index in [1.165, 1.54) is 19.2 Å². The summed E-state index contributed by atoms with van der Waals surface area (Å²) < 4.78 is 52.7. The van der Waals surface area contributed by atoms with Gasteiger partial charge in [-0.1, -0.05) is 23.9 Å². The van der Waals surface area contributed by atoms with Gasteiger partial charge in [0.1, 0.15) is 0 Å². The van der Waals surface area contributed by atoms with Gasteiger partial charge in [0, 0.05) is 18.5 Å². The highest BCUT2D eigenvalue weighted by atomic mass is 32.2. The molecule has 120 valence electrons. The molecule has 0 fully saturated rings. The molecule has 1 rings (SSSR count). The smallest absolute Gasteiger partial charge is 0.301 e. The lowest BCUT2D eigenvalue weighted by molar-refractivity contribution is 0.252. The van der Waals surface area contributed by atoms with E-state index in [-0.39, 0.29) is 10.6 Å². The molecule has 0 spiro atoms. The first-order valence-electron chi connectivity index (χ1n) is 6.29. The summed E-state index contributed by atoms with van der Waals surface area (Å²) in [5.74, 6) is -2.61. The maximum atomic E-state index is 12.5. The van der Waals surface area contributed by atoms with Gasteiger partial charge in [0.25, 0.3) is 5.76 Å². The molecule has 0 aromatic heterocycles. The quantitative estimate of drug-likeness (QED) is 0.535. The number of halogens is 2. The standard InChI is InChI=1S/C12H19F2N3O2S2/c1-15-8-5-9-17(2)21(18,19)16-10-6-3-4-7-11(10)20-12(13)14/h3-4,6-7,12,15-16H,5,8-9H2,1-2H3. The zero-order valence-corrected chi connectivity index (χ0v) is 13.5. The molecule has 9 heteroatoms. The molecular formula is C12H19F2N3O2S2. The second-order valence-electron chi connectivity index (χ2n) is 4.26. The number of benzene rings is 1. The van der Waals surface area contributed by atoms with Crippen molar-refractivity contribution in [3.63, 3.8) is 0 Å². The Balaban J connectivity index is 2.79. The normalized spacial score (nSPS) is 12.1. The van der Waals surface area contributed by atoms with Crippen LogP contribution in [-0.4, -0.2) is 45.7 Å². The summed E-state index contributed by atoms with van der Waals surface area (Å²) in [5, 5.41) is 2.93. The molecule has 5 nitrogen and oxygen atoms in total. The summed E-state index contributed by atoms with van der Waals surface area (Å²) in [4.78, 5) is 0.194. The van der Waals surface area contributed by atoms with Gasteiger partial charge >= 0.3 is 10.2 Å². The molecule has 0 heterocycles. The highest BCUT2D eigenvalue weighted by Crippen LogP contribution is 2.32. The molecule has 0 aliphatic rings. The van der Waals surface area contributed by atoms with E-state index in [9.17, 15) is 17.2 Å². The van der Waals surface area contributed by atoms with Crippen molar-refractivity contribution in [3.05, 3.63) is 24.3 Å². The highest BCUT2D eigenvalue weighted by molar-refractivity contribution is 7.99. The molecule has 0 bridgehead atoms. The molecule has 0 saturated heterocycles. The van der Waals surface area contributed by atoms with Crippen molar-refractivity contribution in [1.29, 1.82) is 0 Å². The topological polar surface area (TPSA) is 61.4 Å². The lowest BCUT2D eigenvalue weighted by atomic mass is 10.3. The molecule has 0 atom stereocenters. The van der Waals surface area contributed by atoms with Gasteiger partial charge in [0.05, 0.1) is 5.69 Å². The van der Waals surface area contributed by atoms with Crippen LogP contribution in [0.4, 0.5) is 14.5 Å². The Morgan fingerprint density at radius 3 is 2.62 bits per heavy atom. The van der Waals surface area contributed by atoms with Crippen LogP contribution in [0.25, 0.3) is 0 Å². The number of thioether (sulfide) groups is 1. The third kappa shape index (κ3) is 6.16. The van der Waals surface area contributed by atoms with Gasteiger partial charge in [-0.2, -0.15) is 21.5 Å². The van der Waals surface area contributed by atoms with Crippen LogP contribution >= 0.6 is 11.8 Å². The number of alkyl halides is 2. The molecule has 21 heavy (non-hydrogen) atoms. The van der Waals surface area contributed by atoms with E-state index in [0.29, 0.717) is 31.3 Å². The van der Waals surface area contributed by atoms with Crippen molar-refractivity contribution in [3.8, 4) is 0 Å². The number of nitrogens with one attached hydrogen (secondary N) is 2. The van der Waals surface area contributed by atoms with Gasteiger partial charge in [-0.15, -0.1) is 0 Å². The summed E-state index contributed by atoms with van der Waals surface area (Å²) in [5.41, 5.74) is 0.156. The van der Waals surface area contributed by atoms with Crippen LogP contribution in [0.15, 0.2) is 29.2 Å². The Morgan fingerprint density at radius 2 is 2.00 bits per heavy atom. The summed E-state index contributed by atoms with van der Waals surface area (Å²) in [6.45, 7) is 1.03. The fourth-order valence-electron chi connectivity index (χ4n) is 1.57. The van der Waals surface area contributed by atoms with Gasteiger partial charge in [-0.25, -0.2) is 0 Å². The Bertz CT molecular complexity index is 541. The minimum absolute atomic E-state index is 0.156. The monoisotopic (exact) mass is 339 g/mol. The summed E-state index contributed by atoms with van der Waals surface area (Å²) in [6, 6.07) is 6.09. The van der Waals surface area contributed by atoms with Crippen LogP contribution in [0.2, 0.25) is 0 Å². The van der Waals surface area contributed by atoms with Gasteiger partial charge in [-0.05, 0) is 32.1 Å². The van der Waals surface area contributed by atoms with E-state index in [2.05, 4.69) is 10.0 Å². The van der Waals surface area contributed by atoms with Crippen LogP contribution in [-0.2, 0) is 10.2 Å². The van der Waals surface area contributed by atoms with Crippen molar-refractivity contribution in [1.82, 2.24) is 9.62 Å². The molecule has 1 aromatic rings. The van der Waals surface area contributed by atoms with E-state index >= 15 is 0 Å². The highest BCUT2D eigenvalue weighted by Gasteiger charge is 2.19. The van der Waals surface area contributed by atoms with E-state index in [1.54, 1.807) is 19.2 Å². The molecule has 0 aliphatic carbocycles. The van der Waals surface area contributed by atoms with Crippen molar-refractivity contribution in [2.75, 3.05) is 31.9 Å². The number of nitrogens with zero attached hydrogens (tertiary/aromatic N) is 1. The molecule has 2 N–H and O–H groups in total. The molecule has 0 saturated carbocycles. The lowest BCUT2D eigenvalue weighted by Gasteiger charge is -2.19. The number of para-hydroxylation sites is 1. The van der Waals surface area contributed by atoms with Crippen molar-refractivity contribution >= 4 is 27.7 Å². The average molecular weight is 339 g/mol. The second-order valence-corrected chi connectivity index (χ2v) is 7.07. The molecule has 0 amide bonds. The molecule has 0 radical (unpaired) electrons. The largest absolute Gasteiger partial charge is 0.320 e. The van der Waals surface area contributed by atoms with Crippen LogP contribution in [0.3, 0.4) is 0 Å². The predicted molar refractivity (Wildman–Crippen MR) is 82.0 cm³/mol. The third-order valence-electron chi connectivity index (χ3n) is 2.65. The minimum atomic E-state index is -3.75. The number of anilines is 1. The van der Waals surface area contributed by atoms with Gasteiger partial charge < -0.3 is 5.32 Å². The number of hydrogen-bond acceptors (Lipinski definition) is 4. The molecule has 1 aromatic carbocycles. The molecule has 0 aliphatic heterocycles. The first kappa shape index (κ1) is 18.1. The summed E-state index contributed by atoms with van der Waals surface area (Å²) in [7, 11) is -0.527. The predicted octanol–water partition coefficient (Wildman–Crippen LogP) is 2.20. The zero-order valence-electron chi connectivity index (χ0n) is 11.8. The van der Waals surface area contributed by atoms with Crippen LogP contribution in [0, 0.1) is 0 Å². The third-order valence-corrected chi connectivity index (χ3v) is 4.92. The Morgan fingerprint density at radius 1 is 1.33 bits per heavy atom. The summed E-state index contributed by atoms with van der Waals surface area (Å²) >= 11 is 0.310. The van der Waals surface area contributed by atoms with E-state index < -0.39 is 16.0 Å². The van der Waals surface area contributed by atoms with Crippen molar-refractivity contribution < 1.29 is 17.2 Å². The zero-order chi connectivity index (χ0) is 15.9. The van der Waals surface area contributed by atoms with Crippen LogP contribution in [0.1, 0.15) is 6.42 Å². The number of hydrogen-bond donors (Lipinski definition) is 2. The van der Waals surface area contributed by atoms with Gasteiger partial charge in [0.2, 0.25) is 0 Å².